The van der Waals surface area contributed by atoms with Gasteiger partial charge in [-0.25, -0.2) is 4.39 Å². The molecular weight excluding hydrogens is 352 g/mol. The van der Waals surface area contributed by atoms with Crippen LogP contribution in [0.2, 0.25) is 0 Å². The Bertz CT molecular complexity index is 657. The number of nitrogens with one attached hydrogen (secondary N) is 1. The van der Waals surface area contributed by atoms with Gasteiger partial charge in [0, 0.05) is 19.3 Å². The number of amides is 2. The summed E-state index contributed by atoms with van der Waals surface area (Å²) in [7, 11) is -0.117. The molecule has 1 heterocycles. The van der Waals surface area contributed by atoms with Crippen LogP contribution in [0.4, 0.5) is 10.1 Å². The number of hydrogen-bond acceptors (Lipinski definition) is 5. The fourth-order valence-electron chi connectivity index (χ4n) is 3.15. The molecular formula is C18H27BFN3O4. The monoisotopic (exact) mass is 379 g/mol. The minimum Gasteiger partial charge on any atom is -0.426 e. The average molecular weight is 379 g/mol. The van der Waals surface area contributed by atoms with Crippen molar-refractivity contribution in [1.29, 1.82) is 0 Å². The molecule has 0 aromatic heterocycles. The zero-order chi connectivity index (χ0) is 20.1. The van der Waals surface area contributed by atoms with Gasteiger partial charge in [0.25, 0.3) is 0 Å². The predicted molar refractivity (Wildman–Crippen MR) is 101 cm³/mol. The van der Waals surface area contributed by atoms with Gasteiger partial charge >= 0.3 is 7.12 Å². The Balaban J connectivity index is 1.90. The third-order valence-electron chi connectivity index (χ3n) is 4.65. The van der Waals surface area contributed by atoms with E-state index in [0.29, 0.717) is 19.4 Å². The van der Waals surface area contributed by atoms with E-state index in [1.165, 1.54) is 24.1 Å². The van der Waals surface area contributed by atoms with E-state index in [1.54, 1.807) is 12.1 Å². The number of nitrogens with zero attached hydrogens (tertiary/aromatic N) is 2. The lowest BCUT2D eigenvalue weighted by Gasteiger charge is -2.43. The van der Waals surface area contributed by atoms with Crippen molar-refractivity contribution in [2.75, 3.05) is 25.0 Å². The van der Waals surface area contributed by atoms with Crippen LogP contribution in [0.5, 0.6) is 0 Å². The van der Waals surface area contributed by atoms with Crippen molar-refractivity contribution in [2.24, 2.45) is 5.92 Å². The highest BCUT2D eigenvalue weighted by Crippen LogP contribution is 2.27. The Morgan fingerprint density at radius 1 is 1.33 bits per heavy atom. The third-order valence-corrected chi connectivity index (χ3v) is 4.65. The zero-order valence-electron chi connectivity index (χ0n) is 15.9. The van der Waals surface area contributed by atoms with Crippen LogP contribution in [0.25, 0.3) is 0 Å². The Labute approximate surface area is 159 Å². The molecule has 9 heteroatoms. The SMILES string of the molecule is CC(C)CC(NC(=O)CN(C)C(=O)C1CCN1c1ccc(F)cc1)B(O)O. The number of likely N-dealkylation sites (N-methyl/N-ethyl adjacent to an activating group) is 1. The van der Waals surface area contributed by atoms with Crippen molar-refractivity contribution in [3.8, 4) is 0 Å². The Kier molecular flexibility index (Phi) is 7.21. The average Bonchev–Trinajstić information content (AvgIpc) is 2.54. The van der Waals surface area contributed by atoms with E-state index >= 15 is 0 Å². The summed E-state index contributed by atoms with van der Waals surface area (Å²) >= 11 is 0. The highest BCUT2D eigenvalue weighted by Gasteiger charge is 2.36. The van der Waals surface area contributed by atoms with Gasteiger partial charge in [-0.3, -0.25) is 9.59 Å². The van der Waals surface area contributed by atoms with Gasteiger partial charge in [0.1, 0.15) is 11.9 Å². The molecule has 7 nitrogen and oxygen atoms in total. The van der Waals surface area contributed by atoms with Crippen molar-refractivity contribution in [3.63, 3.8) is 0 Å². The summed E-state index contributed by atoms with van der Waals surface area (Å²) in [5.74, 6) is -1.59. The maximum Gasteiger partial charge on any atom is 0.475 e. The van der Waals surface area contributed by atoms with Crippen molar-refractivity contribution >= 4 is 24.6 Å². The van der Waals surface area contributed by atoms with E-state index in [2.05, 4.69) is 5.32 Å². The summed E-state index contributed by atoms with van der Waals surface area (Å²) in [6, 6.07) is 5.56. The van der Waals surface area contributed by atoms with Crippen LogP contribution in [-0.4, -0.2) is 66.0 Å². The smallest absolute Gasteiger partial charge is 0.426 e. The summed E-state index contributed by atoms with van der Waals surface area (Å²) in [6.07, 6.45) is 1.08. The van der Waals surface area contributed by atoms with Gasteiger partial charge in [-0.1, -0.05) is 13.8 Å². The lowest BCUT2D eigenvalue weighted by Crippen LogP contribution is -2.58. The van der Waals surface area contributed by atoms with E-state index in [1.807, 2.05) is 18.7 Å². The maximum atomic E-state index is 13.1. The number of benzene rings is 1. The summed E-state index contributed by atoms with van der Waals surface area (Å²) in [6.45, 7) is 4.35. The summed E-state index contributed by atoms with van der Waals surface area (Å²) in [4.78, 5) is 28.0. The first kappa shape index (κ1) is 21.2. The molecule has 1 aliphatic heterocycles. The molecule has 0 saturated carbocycles. The first-order valence-corrected chi connectivity index (χ1v) is 9.11. The molecule has 27 heavy (non-hydrogen) atoms. The number of carbonyl (C=O) groups excluding carboxylic acids is 2. The standard InChI is InChI=1S/C18H27BFN3O4/c1-12(2)10-16(19(26)27)21-17(24)11-22(3)18(25)15-8-9-23(15)14-6-4-13(20)5-7-14/h4-7,12,15-16,26-27H,8-11H2,1-3H3,(H,21,24). The number of carbonyl (C=O) groups is 2. The molecule has 1 saturated heterocycles. The second-order valence-electron chi connectivity index (χ2n) is 7.39. The van der Waals surface area contributed by atoms with Gasteiger partial charge in [-0.2, -0.15) is 0 Å². The van der Waals surface area contributed by atoms with Gasteiger partial charge in [-0.15, -0.1) is 0 Å². The van der Waals surface area contributed by atoms with E-state index in [4.69, 9.17) is 0 Å². The van der Waals surface area contributed by atoms with Crippen LogP contribution in [0, 0.1) is 11.7 Å². The molecule has 2 unspecified atom stereocenters. The number of halogens is 1. The minimum atomic E-state index is -1.65. The summed E-state index contributed by atoms with van der Waals surface area (Å²) in [5, 5.41) is 21.4. The van der Waals surface area contributed by atoms with Gasteiger partial charge < -0.3 is 25.2 Å². The van der Waals surface area contributed by atoms with Crippen molar-refractivity contribution in [2.45, 2.75) is 38.7 Å². The van der Waals surface area contributed by atoms with Crippen molar-refractivity contribution in [1.82, 2.24) is 10.2 Å². The topological polar surface area (TPSA) is 93.1 Å². The van der Waals surface area contributed by atoms with Crippen LogP contribution < -0.4 is 10.2 Å². The molecule has 1 aliphatic rings. The number of rotatable bonds is 8. The molecule has 1 fully saturated rings. The third kappa shape index (κ3) is 5.67. The van der Waals surface area contributed by atoms with Gasteiger partial charge in [0.2, 0.25) is 11.8 Å². The molecule has 3 N–H and O–H groups in total. The van der Waals surface area contributed by atoms with Crippen molar-refractivity contribution < 1.29 is 24.0 Å². The predicted octanol–water partition coefficient (Wildman–Crippen LogP) is 0.406. The van der Waals surface area contributed by atoms with Gasteiger partial charge in [0.15, 0.2) is 0 Å². The molecule has 0 radical (unpaired) electrons. The van der Waals surface area contributed by atoms with Crippen LogP contribution in [0.3, 0.4) is 0 Å². The number of anilines is 1. The van der Waals surface area contributed by atoms with E-state index in [9.17, 15) is 24.0 Å². The molecule has 0 spiro atoms. The lowest BCUT2D eigenvalue weighted by molar-refractivity contribution is -0.136. The molecule has 2 atom stereocenters. The Morgan fingerprint density at radius 2 is 1.96 bits per heavy atom. The van der Waals surface area contributed by atoms with Crippen LogP contribution in [-0.2, 0) is 9.59 Å². The highest BCUT2D eigenvalue weighted by molar-refractivity contribution is 6.43. The minimum absolute atomic E-state index is 0.173. The molecule has 0 bridgehead atoms. The Morgan fingerprint density at radius 3 is 2.44 bits per heavy atom. The highest BCUT2D eigenvalue weighted by atomic mass is 19.1. The largest absolute Gasteiger partial charge is 0.475 e. The fraction of sp³-hybridized carbons (Fsp3) is 0.556. The van der Waals surface area contributed by atoms with E-state index in [-0.39, 0.29) is 30.2 Å². The molecule has 2 rings (SSSR count). The second-order valence-corrected chi connectivity index (χ2v) is 7.39. The first-order chi connectivity index (χ1) is 12.7. The quantitative estimate of drug-likeness (QED) is 0.569. The van der Waals surface area contributed by atoms with E-state index < -0.39 is 19.0 Å². The normalized spacial score (nSPS) is 17.3. The molecule has 2 amide bonds. The summed E-state index contributed by atoms with van der Waals surface area (Å²) in [5.41, 5.74) is 0.763. The maximum absolute atomic E-state index is 13.1. The zero-order valence-corrected chi connectivity index (χ0v) is 15.9. The van der Waals surface area contributed by atoms with Gasteiger partial charge in [0.05, 0.1) is 12.5 Å². The Hall–Kier alpha value is -2.13. The molecule has 148 valence electrons. The van der Waals surface area contributed by atoms with Crippen LogP contribution >= 0.6 is 0 Å². The number of hydrogen-bond donors (Lipinski definition) is 3. The van der Waals surface area contributed by atoms with Gasteiger partial charge in [-0.05, 0) is 43.0 Å². The summed E-state index contributed by atoms with van der Waals surface area (Å²) < 4.78 is 13.1. The lowest BCUT2D eigenvalue weighted by atomic mass is 9.75. The fourth-order valence-corrected chi connectivity index (χ4v) is 3.15. The molecule has 1 aromatic rings. The molecule has 1 aromatic carbocycles. The van der Waals surface area contributed by atoms with E-state index in [0.717, 1.165) is 5.69 Å². The van der Waals surface area contributed by atoms with Crippen LogP contribution in [0.15, 0.2) is 24.3 Å². The second kappa shape index (κ2) is 9.19. The van der Waals surface area contributed by atoms with Crippen molar-refractivity contribution in [3.05, 3.63) is 30.1 Å². The molecule has 0 aliphatic carbocycles. The first-order valence-electron chi connectivity index (χ1n) is 9.11. The van der Waals surface area contributed by atoms with Crippen LogP contribution in [0.1, 0.15) is 26.7 Å².